The van der Waals surface area contributed by atoms with Gasteiger partial charge in [0.05, 0.1) is 5.60 Å². The van der Waals surface area contributed by atoms with Gasteiger partial charge in [0, 0.05) is 40.3 Å². The number of hydrogen-bond acceptors (Lipinski definition) is 3. The number of nitrogens with zero attached hydrogens (tertiary/aromatic N) is 2. The summed E-state index contributed by atoms with van der Waals surface area (Å²) in [6.45, 7) is 7.11. The lowest BCUT2D eigenvalue weighted by atomic mass is 10.1. The summed E-state index contributed by atoms with van der Waals surface area (Å²) in [5, 5.41) is 6.52. The summed E-state index contributed by atoms with van der Waals surface area (Å²) in [5.41, 5.74) is 0.857. The Hall–Kier alpha value is -1.66. The predicted molar refractivity (Wildman–Crippen MR) is 93.2 cm³/mol. The fourth-order valence-electron chi connectivity index (χ4n) is 1.94. The molecule has 6 heteroatoms. The molecule has 130 valence electrons. The van der Waals surface area contributed by atoms with Crippen molar-refractivity contribution in [2.24, 2.45) is 4.99 Å². The van der Waals surface area contributed by atoms with E-state index >= 15 is 0 Å². The van der Waals surface area contributed by atoms with Crippen LogP contribution < -0.4 is 10.6 Å². The standard InChI is InChI=1S/C17H29FN4O/c1-17(2,23-5)13-21-16(19-3)20-10-11-22(4)12-14-6-8-15(18)9-7-14/h6-9H,10-13H2,1-5H3,(H2,19,20,21). The van der Waals surface area contributed by atoms with E-state index in [2.05, 4.69) is 20.5 Å². The van der Waals surface area contributed by atoms with Crippen LogP contribution >= 0.6 is 0 Å². The second-order valence-electron chi connectivity index (χ2n) is 6.18. The van der Waals surface area contributed by atoms with Gasteiger partial charge < -0.3 is 20.3 Å². The monoisotopic (exact) mass is 324 g/mol. The molecule has 0 spiro atoms. The van der Waals surface area contributed by atoms with Crippen LogP contribution in [0.25, 0.3) is 0 Å². The first kappa shape index (κ1) is 19.4. The average Bonchev–Trinajstić information content (AvgIpc) is 2.53. The Bertz CT molecular complexity index is 488. The van der Waals surface area contributed by atoms with Crippen LogP contribution in [0.15, 0.2) is 29.3 Å². The largest absolute Gasteiger partial charge is 0.377 e. The van der Waals surface area contributed by atoms with E-state index < -0.39 is 0 Å². The first-order valence-electron chi connectivity index (χ1n) is 7.79. The molecular formula is C17H29FN4O. The maximum absolute atomic E-state index is 12.9. The number of ether oxygens (including phenoxy) is 1. The van der Waals surface area contributed by atoms with Gasteiger partial charge in [-0.05, 0) is 38.6 Å². The van der Waals surface area contributed by atoms with E-state index in [1.807, 2.05) is 33.0 Å². The van der Waals surface area contributed by atoms with Gasteiger partial charge in [-0.3, -0.25) is 4.99 Å². The van der Waals surface area contributed by atoms with Crippen LogP contribution in [-0.4, -0.2) is 57.3 Å². The Labute approximate surface area is 138 Å². The van der Waals surface area contributed by atoms with Gasteiger partial charge in [0.1, 0.15) is 5.82 Å². The van der Waals surface area contributed by atoms with Gasteiger partial charge in [-0.25, -0.2) is 4.39 Å². The smallest absolute Gasteiger partial charge is 0.191 e. The van der Waals surface area contributed by atoms with E-state index in [1.54, 1.807) is 14.2 Å². The van der Waals surface area contributed by atoms with E-state index in [0.717, 1.165) is 31.2 Å². The number of guanidine groups is 1. The Balaban J connectivity index is 2.29. The molecule has 1 aromatic carbocycles. The summed E-state index contributed by atoms with van der Waals surface area (Å²) in [4.78, 5) is 6.37. The summed E-state index contributed by atoms with van der Waals surface area (Å²) in [6.07, 6.45) is 0. The normalized spacial score (nSPS) is 12.6. The summed E-state index contributed by atoms with van der Waals surface area (Å²) in [6, 6.07) is 6.61. The molecule has 0 atom stereocenters. The third-order valence-electron chi connectivity index (χ3n) is 3.61. The minimum absolute atomic E-state index is 0.202. The van der Waals surface area contributed by atoms with E-state index in [-0.39, 0.29) is 11.4 Å². The van der Waals surface area contributed by atoms with Crippen molar-refractivity contribution in [3.63, 3.8) is 0 Å². The van der Waals surface area contributed by atoms with Crippen LogP contribution in [0.3, 0.4) is 0 Å². The summed E-state index contributed by atoms with van der Waals surface area (Å²) < 4.78 is 18.3. The van der Waals surface area contributed by atoms with Crippen molar-refractivity contribution in [3.05, 3.63) is 35.6 Å². The molecule has 1 rings (SSSR count). The molecule has 1 aromatic rings. The predicted octanol–water partition coefficient (Wildman–Crippen LogP) is 1.85. The molecule has 0 amide bonds. The first-order valence-corrected chi connectivity index (χ1v) is 7.79. The molecule has 0 aromatic heterocycles. The SMILES string of the molecule is CN=C(NCCN(C)Cc1ccc(F)cc1)NCC(C)(C)OC. The third-order valence-corrected chi connectivity index (χ3v) is 3.61. The molecule has 0 bridgehead atoms. The highest BCUT2D eigenvalue weighted by molar-refractivity contribution is 5.79. The molecule has 0 unspecified atom stereocenters. The van der Waals surface area contributed by atoms with Crippen LogP contribution in [0.2, 0.25) is 0 Å². The number of benzene rings is 1. The zero-order valence-corrected chi connectivity index (χ0v) is 14.8. The average molecular weight is 324 g/mol. The summed E-state index contributed by atoms with van der Waals surface area (Å²) in [7, 11) is 5.48. The van der Waals surface area contributed by atoms with Crippen LogP contribution in [0.5, 0.6) is 0 Å². The number of halogens is 1. The Morgan fingerprint density at radius 1 is 1.26 bits per heavy atom. The first-order chi connectivity index (χ1) is 10.9. The fraction of sp³-hybridized carbons (Fsp3) is 0.588. The van der Waals surface area contributed by atoms with Gasteiger partial charge in [0.2, 0.25) is 0 Å². The molecule has 0 saturated carbocycles. The summed E-state index contributed by atoms with van der Waals surface area (Å²) >= 11 is 0. The van der Waals surface area contributed by atoms with Crippen molar-refractivity contribution in [2.75, 3.05) is 40.8 Å². The Morgan fingerprint density at radius 3 is 2.48 bits per heavy atom. The van der Waals surface area contributed by atoms with Crippen LogP contribution in [0, 0.1) is 5.82 Å². The Kier molecular flexibility index (Phi) is 7.98. The quantitative estimate of drug-likeness (QED) is 0.566. The maximum atomic E-state index is 12.9. The minimum atomic E-state index is -0.239. The number of likely N-dealkylation sites (N-methyl/N-ethyl adjacent to an activating group) is 1. The highest BCUT2D eigenvalue weighted by Crippen LogP contribution is 2.05. The Morgan fingerprint density at radius 2 is 1.91 bits per heavy atom. The molecule has 23 heavy (non-hydrogen) atoms. The van der Waals surface area contributed by atoms with E-state index in [9.17, 15) is 4.39 Å². The molecule has 2 N–H and O–H groups in total. The highest BCUT2D eigenvalue weighted by atomic mass is 19.1. The molecule has 0 aliphatic carbocycles. The van der Waals surface area contributed by atoms with Gasteiger partial charge in [-0.15, -0.1) is 0 Å². The third kappa shape index (κ3) is 7.95. The lowest BCUT2D eigenvalue weighted by Gasteiger charge is -2.25. The van der Waals surface area contributed by atoms with Crippen LogP contribution in [-0.2, 0) is 11.3 Å². The van der Waals surface area contributed by atoms with Crippen molar-refractivity contribution in [2.45, 2.75) is 26.0 Å². The zero-order valence-electron chi connectivity index (χ0n) is 14.8. The van der Waals surface area contributed by atoms with E-state index in [0.29, 0.717) is 6.54 Å². The van der Waals surface area contributed by atoms with Gasteiger partial charge >= 0.3 is 0 Å². The second-order valence-corrected chi connectivity index (χ2v) is 6.18. The minimum Gasteiger partial charge on any atom is -0.377 e. The van der Waals surface area contributed by atoms with E-state index in [1.165, 1.54) is 12.1 Å². The number of nitrogens with one attached hydrogen (secondary N) is 2. The zero-order chi connectivity index (χ0) is 17.3. The van der Waals surface area contributed by atoms with Crippen molar-refractivity contribution < 1.29 is 9.13 Å². The number of methoxy groups -OCH3 is 1. The van der Waals surface area contributed by atoms with Gasteiger partial charge in [0.25, 0.3) is 0 Å². The van der Waals surface area contributed by atoms with Gasteiger partial charge in [0.15, 0.2) is 5.96 Å². The topological polar surface area (TPSA) is 48.9 Å². The maximum Gasteiger partial charge on any atom is 0.191 e. The number of hydrogen-bond donors (Lipinski definition) is 2. The highest BCUT2D eigenvalue weighted by Gasteiger charge is 2.16. The second kappa shape index (κ2) is 9.47. The van der Waals surface area contributed by atoms with Gasteiger partial charge in [-0.1, -0.05) is 12.1 Å². The summed E-state index contributed by atoms with van der Waals surface area (Å²) in [5.74, 6) is 0.553. The molecule has 0 aliphatic rings. The van der Waals surface area contributed by atoms with Crippen LogP contribution in [0.4, 0.5) is 4.39 Å². The molecular weight excluding hydrogens is 295 g/mol. The van der Waals surface area contributed by atoms with Crippen molar-refractivity contribution in [3.8, 4) is 0 Å². The van der Waals surface area contributed by atoms with E-state index in [4.69, 9.17) is 4.74 Å². The van der Waals surface area contributed by atoms with Crippen LogP contribution in [0.1, 0.15) is 19.4 Å². The molecule has 0 aliphatic heterocycles. The molecule has 0 fully saturated rings. The molecule has 5 nitrogen and oxygen atoms in total. The fourth-order valence-corrected chi connectivity index (χ4v) is 1.94. The lowest BCUT2D eigenvalue weighted by Crippen LogP contribution is -2.46. The molecule has 0 heterocycles. The number of aliphatic imine (C=N–C) groups is 1. The van der Waals surface area contributed by atoms with Gasteiger partial charge in [-0.2, -0.15) is 0 Å². The van der Waals surface area contributed by atoms with Crippen molar-refractivity contribution in [1.29, 1.82) is 0 Å². The number of rotatable bonds is 8. The van der Waals surface area contributed by atoms with Crippen molar-refractivity contribution >= 4 is 5.96 Å². The molecule has 0 saturated heterocycles. The lowest BCUT2D eigenvalue weighted by molar-refractivity contribution is 0.0268. The molecule has 0 radical (unpaired) electrons. The van der Waals surface area contributed by atoms with Crippen molar-refractivity contribution in [1.82, 2.24) is 15.5 Å².